The summed E-state index contributed by atoms with van der Waals surface area (Å²) >= 11 is 1.80. The van der Waals surface area contributed by atoms with Gasteiger partial charge in [0.25, 0.3) is 0 Å². The van der Waals surface area contributed by atoms with Gasteiger partial charge in [-0.25, -0.2) is 0 Å². The molecule has 1 aromatic heterocycles. The summed E-state index contributed by atoms with van der Waals surface area (Å²) in [5, 5.41) is 2.12. The molecule has 0 atom stereocenters. The highest BCUT2D eigenvalue weighted by Gasteiger charge is 1.87. The van der Waals surface area contributed by atoms with E-state index in [1.54, 1.807) is 11.3 Å². The first-order valence-corrected chi connectivity index (χ1v) is 3.19. The molecule has 0 aliphatic rings. The van der Waals surface area contributed by atoms with Gasteiger partial charge in [-0.3, -0.25) is 0 Å². The van der Waals surface area contributed by atoms with E-state index < -0.39 is 0 Å². The Morgan fingerprint density at radius 3 is 2.12 bits per heavy atom. The zero-order valence-corrected chi connectivity index (χ0v) is 6.09. The number of aryl methyl sites for hydroxylation is 2. The van der Waals surface area contributed by atoms with Crippen molar-refractivity contribution in [2.45, 2.75) is 13.8 Å². The Kier molecular flexibility index (Phi) is 2.72. The minimum absolute atomic E-state index is 0. The second-order valence-corrected chi connectivity index (χ2v) is 2.78. The van der Waals surface area contributed by atoms with Crippen LogP contribution in [-0.2, 0) is 0 Å². The van der Waals surface area contributed by atoms with Crippen molar-refractivity contribution in [3.63, 3.8) is 0 Å². The van der Waals surface area contributed by atoms with Crippen molar-refractivity contribution in [2.75, 3.05) is 0 Å². The predicted molar refractivity (Wildman–Crippen MR) is 38.8 cm³/mol. The van der Waals surface area contributed by atoms with Crippen LogP contribution in [0.3, 0.4) is 0 Å². The van der Waals surface area contributed by atoms with Crippen molar-refractivity contribution in [1.29, 1.82) is 0 Å². The molecule has 0 spiro atoms. The van der Waals surface area contributed by atoms with Gasteiger partial charge in [0.05, 0.1) is 0 Å². The first-order valence-electron chi connectivity index (χ1n) is 2.31. The molecule has 0 amide bonds. The highest BCUT2D eigenvalue weighted by Crippen LogP contribution is 2.12. The van der Waals surface area contributed by atoms with Crippen LogP contribution in [0, 0.1) is 13.8 Å². The van der Waals surface area contributed by atoms with E-state index in [2.05, 4.69) is 25.3 Å². The molecule has 0 unspecified atom stereocenters. The van der Waals surface area contributed by atoms with E-state index in [1.165, 1.54) is 10.4 Å². The zero-order valence-electron chi connectivity index (χ0n) is 5.27. The van der Waals surface area contributed by atoms with E-state index in [0.29, 0.717) is 0 Å². The van der Waals surface area contributed by atoms with Crippen LogP contribution in [0.2, 0.25) is 0 Å². The molecule has 0 aliphatic carbocycles. The molecule has 2 heteroatoms. The van der Waals surface area contributed by atoms with Gasteiger partial charge in [-0.15, -0.1) is 11.3 Å². The van der Waals surface area contributed by atoms with Crippen LogP contribution in [0.5, 0.6) is 0 Å². The molecule has 46 valence electrons. The summed E-state index contributed by atoms with van der Waals surface area (Å²) in [7, 11) is 0. The van der Waals surface area contributed by atoms with Crippen LogP contribution < -0.4 is 6.15 Å². The fourth-order valence-electron chi connectivity index (χ4n) is 0.448. The van der Waals surface area contributed by atoms with Crippen LogP contribution in [0.15, 0.2) is 11.4 Å². The monoisotopic (exact) mass is 129 g/mol. The van der Waals surface area contributed by atoms with Crippen molar-refractivity contribution >= 4 is 11.3 Å². The Hall–Kier alpha value is -0.340. The number of hydrogen-bond donors (Lipinski definition) is 1. The van der Waals surface area contributed by atoms with Gasteiger partial charge >= 0.3 is 0 Å². The first kappa shape index (κ1) is 7.66. The second-order valence-electron chi connectivity index (χ2n) is 1.66. The third-order valence-corrected chi connectivity index (χ3v) is 2.07. The lowest BCUT2D eigenvalue weighted by molar-refractivity contribution is 1.44. The Labute approximate surface area is 53.9 Å². The Morgan fingerprint density at radius 2 is 2.00 bits per heavy atom. The molecule has 1 rings (SSSR count). The average molecular weight is 129 g/mol. The highest BCUT2D eigenvalue weighted by molar-refractivity contribution is 7.10. The lowest BCUT2D eigenvalue weighted by Gasteiger charge is -1.79. The van der Waals surface area contributed by atoms with Crippen molar-refractivity contribution in [2.24, 2.45) is 0 Å². The third-order valence-electron chi connectivity index (χ3n) is 1.12. The van der Waals surface area contributed by atoms with Gasteiger partial charge in [-0.1, -0.05) is 0 Å². The van der Waals surface area contributed by atoms with Crippen LogP contribution in [-0.4, -0.2) is 0 Å². The normalized spacial score (nSPS) is 8.25. The van der Waals surface area contributed by atoms with Crippen LogP contribution in [0.4, 0.5) is 0 Å². The third kappa shape index (κ3) is 1.32. The average Bonchev–Trinajstić information content (AvgIpc) is 1.91. The van der Waals surface area contributed by atoms with Gasteiger partial charge in [0, 0.05) is 4.88 Å². The summed E-state index contributed by atoms with van der Waals surface area (Å²) in [5.74, 6) is 0. The van der Waals surface area contributed by atoms with E-state index in [9.17, 15) is 0 Å². The van der Waals surface area contributed by atoms with Crippen LogP contribution in [0.1, 0.15) is 10.4 Å². The molecule has 0 saturated carbocycles. The summed E-state index contributed by atoms with van der Waals surface area (Å²) in [4.78, 5) is 1.43. The fraction of sp³-hybridized carbons (Fsp3) is 0.333. The largest absolute Gasteiger partial charge is 0.344 e. The minimum atomic E-state index is 0. The molecule has 0 bridgehead atoms. The minimum Gasteiger partial charge on any atom is -0.344 e. The standard InChI is InChI=1S/C6H8S.H3N/c1-5-3-4-7-6(5)2;/h3-4H,1-2H3;1H3. The molecule has 0 saturated heterocycles. The summed E-state index contributed by atoms with van der Waals surface area (Å²) < 4.78 is 0. The van der Waals surface area contributed by atoms with Crippen LogP contribution >= 0.6 is 11.3 Å². The van der Waals surface area contributed by atoms with E-state index in [0.717, 1.165) is 0 Å². The quantitative estimate of drug-likeness (QED) is 0.574. The van der Waals surface area contributed by atoms with Crippen molar-refractivity contribution in [1.82, 2.24) is 6.15 Å². The molecular weight excluding hydrogens is 118 g/mol. The Balaban J connectivity index is 0.000000490. The van der Waals surface area contributed by atoms with E-state index >= 15 is 0 Å². The molecule has 1 aromatic rings. The molecule has 1 nitrogen and oxygen atoms in total. The summed E-state index contributed by atoms with van der Waals surface area (Å²) in [5.41, 5.74) is 1.41. The van der Waals surface area contributed by atoms with E-state index in [4.69, 9.17) is 0 Å². The molecule has 0 aliphatic heterocycles. The fourth-order valence-corrected chi connectivity index (χ4v) is 1.18. The van der Waals surface area contributed by atoms with Gasteiger partial charge in [-0.05, 0) is 30.9 Å². The van der Waals surface area contributed by atoms with Crippen LogP contribution in [0.25, 0.3) is 0 Å². The SMILES string of the molecule is Cc1ccsc1C.N. The first-order chi connectivity index (χ1) is 3.30. The van der Waals surface area contributed by atoms with Crippen molar-refractivity contribution in [3.05, 3.63) is 21.9 Å². The molecule has 3 N–H and O–H groups in total. The topological polar surface area (TPSA) is 35.0 Å². The molecule has 0 fully saturated rings. The van der Waals surface area contributed by atoms with Gasteiger partial charge in [0.2, 0.25) is 0 Å². The molecule has 0 radical (unpaired) electrons. The van der Waals surface area contributed by atoms with Gasteiger partial charge in [-0.2, -0.15) is 0 Å². The molecule has 8 heavy (non-hydrogen) atoms. The highest BCUT2D eigenvalue weighted by atomic mass is 32.1. The van der Waals surface area contributed by atoms with Crippen molar-refractivity contribution < 1.29 is 0 Å². The Morgan fingerprint density at radius 1 is 1.38 bits per heavy atom. The zero-order chi connectivity index (χ0) is 5.28. The maximum Gasteiger partial charge on any atom is 0.00433 e. The summed E-state index contributed by atoms with van der Waals surface area (Å²) in [6, 6.07) is 2.14. The van der Waals surface area contributed by atoms with Gasteiger partial charge < -0.3 is 6.15 Å². The second kappa shape index (κ2) is 2.84. The lowest BCUT2D eigenvalue weighted by atomic mass is 10.3. The molecular formula is C6H11NS. The van der Waals surface area contributed by atoms with Crippen molar-refractivity contribution in [3.8, 4) is 0 Å². The number of rotatable bonds is 0. The number of hydrogen-bond acceptors (Lipinski definition) is 2. The van der Waals surface area contributed by atoms with Gasteiger partial charge in [0.1, 0.15) is 0 Å². The van der Waals surface area contributed by atoms with E-state index in [-0.39, 0.29) is 6.15 Å². The number of thiophene rings is 1. The predicted octanol–water partition coefficient (Wildman–Crippen LogP) is 2.53. The summed E-state index contributed by atoms with van der Waals surface area (Å²) in [6.07, 6.45) is 0. The van der Waals surface area contributed by atoms with E-state index in [1.807, 2.05) is 0 Å². The molecule has 0 aromatic carbocycles. The maximum absolute atomic E-state index is 2.14. The van der Waals surface area contributed by atoms with Gasteiger partial charge in [0.15, 0.2) is 0 Å². The maximum atomic E-state index is 2.14. The lowest BCUT2D eigenvalue weighted by Crippen LogP contribution is -1.61. The summed E-state index contributed by atoms with van der Waals surface area (Å²) in [6.45, 7) is 4.27. The Bertz CT molecular complexity index is 141. The smallest absolute Gasteiger partial charge is 0.00433 e. The molecule has 1 heterocycles.